The number of hydrogen-bond donors (Lipinski definition) is 2. The fourth-order valence-corrected chi connectivity index (χ4v) is 3.54. The largest absolute Gasteiger partial charge is 0.486 e. The molecule has 6 heteroatoms. The van der Waals surface area contributed by atoms with Crippen LogP contribution in [-0.2, 0) is 20.7 Å². The van der Waals surface area contributed by atoms with Crippen molar-refractivity contribution in [2.75, 3.05) is 6.61 Å². The summed E-state index contributed by atoms with van der Waals surface area (Å²) in [5.74, 6) is -0.803. The van der Waals surface area contributed by atoms with Gasteiger partial charge in [0.05, 0.1) is 17.9 Å². The second-order valence-corrected chi connectivity index (χ2v) is 7.10. The van der Waals surface area contributed by atoms with Crippen LogP contribution < -0.4 is 10.2 Å². The summed E-state index contributed by atoms with van der Waals surface area (Å²) in [5, 5.41) is 8.90. The lowest BCUT2D eigenvalue weighted by atomic mass is 9.93. The van der Waals surface area contributed by atoms with Gasteiger partial charge in [-0.25, -0.2) is 5.48 Å². The second-order valence-electron chi connectivity index (χ2n) is 7.10. The van der Waals surface area contributed by atoms with Crippen LogP contribution in [0.4, 0.5) is 0 Å². The highest BCUT2D eigenvalue weighted by Gasteiger charge is 2.64. The third-order valence-corrected chi connectivity index (χ3v) is 5.21. The van der Waals surface area contributed by atoms with Crippen molar-refractivity contribution in [3.8, 4) is 5.75 Å². The molecule has 2 aromatic carbocycles. The summed E-state index contributed by atoms with van der Waals surface area (Å²) in [7, 11) is 0. The molecule has 1 aliphatic rings. The van der Waals surface area contributed by atoms with E-state index in [1.807, 2.05) is 61.5 Å². The molecule has 3 atom stereocenters. The quantitative estimate of drug-likeness (QED) is 0.414. The van der Waals surface area contributed by atoms with E-state index in [1.54, 1.807) is 12.4 Å². The van der Waals surface area contributed by atoms with Crippen LogP contribution in [-0.4, -0.2) is 23.7 Å². The minimum absolute atomic E-state index is 0.0843. The molecule has 6 nitrogen and oxygen atoms in total. The molecule has 0 aliphatic heterocycles. The fourth-order valence-electron chi connectivity index (χ4n) is 3.54. The van der Waals surface area contributed by atoms with Crippen LogP contribution in [0.1, 0.15) is 37.5 Å². The molecule has 1 amide bonds. The Morgan fingerprint density at radius 2 is 1.86 bits per heavy atom. The van der Waals surface area contributed by atoms with Crippen molar-refractivity contribution in [3.05, 3.63) is 65.7 Å². The highest BCUT2D eigenvalue weighted by molar-refractivity contribution is 5.93. The Morgan fingerprint density at radius 1 is 1.18 bits per heavy atom. The molecule has 1 unspecified atom stereocenters. The summed E-state index contributed by atoms with van der Waals surface area (Å²) in [6, 6.07) is 17.4. The molecule has 0 heterocycles. The van der Waals surface area contributed by atoms with Gasteiger partial charge in [0.1, 0.15) is 11.9 Å². The van der Waals surface area contributed by atoms with Gasteiger partial charge in [-0.2, -0.15) is 0 Å². The molecule has 2 aromatic rings. The molecule has 2 N–H and O–H groups in total. The lowest BCUT2D eigenvalue weighted by Gasteiger charge is -2.17. The van der Waals surface area contributed by atoms with E-state index in [1.165, 1.54) is 0 Å². The van der Waals surface area contributed by atoms with E-state index in [-0.39, 0.29) is 12.7 Å². The van der Waals surface area contributed by atoms with E-state index in [0.29, 0.717) is 12.8 Å². The molecular weight excluding hydrogens is 358 g/mol. The summed E-state index contributed by atoms with van der Waals surface area (Å²) in [6.45, 7) is 3.97. The van der Waals surface area contributed by atoms with Gasteiger partial charge in [0.25, 0.3) is 0 Å². The first kappa shape index (κ1) is 19.9. The minimum atomic E-state index is -0.914. The van der Waals surface area contributed by atoms with Gasteiger partial charge in [0.2, 0.25) is 5.91 Å². The molecule has 0 radical (unpaired) electrons. The van der Waals surface area contributed by atoms with Gasteiger partial charge in [0.15, 0.2) is 0 Å². The van der Waals surface area contributed by atoms with Crippen LogP contribution >= 0.6 is 0 Å². The number of rotatable bonds is 8. The Bertz CT molecular complexity index is 821. The van der Waals surface area contributed by atoms with Crippen LogP contribution in [0.5, 0.6) is 5.75 Å². The summed E-state index contributed by atoms with van der Waals surface area (Å²) in [6.07, 6.45) is 0.652. The third-order valence-electron chi connectivity index (χ3n) is 5.21. The van der Waals surface area contributed by atoms with E-state index >= 15 is 0 Å². The number of ether oxygens (including phenoxy) is 2. The van der Waals surface area contributed by atoms with Crippen molar-refractivity contribution in [2.45, 2.75) is 32.8 Å². The summed E-state index contributed by atoms with van der Waals surface area (Å²) >= 11 is 0. The number of esters is 1. The molecule has 0 saturated heterocycles. The molecule has 28 heavy (non-hydrogen) atoms. The van der Waals surface area contributed by atoms with Crippen molar-refractivity contribution in [2.24, 2.45) is 11.3 Å². The first-order chi connectivity index (χ1) is 13.5. The molecule has 3 rings (SSSR count). The SMILES string of the molecule is CCOC(=O)[C@@]1(Cc2ccc(OC(C)c3ccccc3)cc2)C[C@@H]1C(=O)NO. The third kappa shape index (κ3) is 4.17. The predicted molar refractivity (Wildman–Crippen MR) is 103 cm³/mol. The standard InChI is InChI=1S/C22H25NO5/c1-3-27-21(25)22(14-19(22)20(24)23-26)13-16-9-11-18(12-10-16)28-15(2)17-7-5-4-6-8-17/h4-12,15,19,26H,3,13-14H2,1-2H3,(H,23,24)/t15?,19-,22+/m1/s1. The number of carbonyl (C=O) groups is 2. The predicted octanol–water partition coefficient (Wildman–Crippen LogP) is 3.44. The molecule has 0 spiro atoms. The number of hydroxylamine groups is 1. The van der Waals surface area contributed by atoms with E-state index in [0.717, 1.165) is 16.9 Å². The number of benzene rings is 2. The smallest absolute Gasteiger partial charge is 0.313 e. The van der Waals surface area contributed by atoms with E-state index < -0.39 is 23.2 Å². The lowest BCUT2D eigenvalue weighted by molar-refractivity contribution is -0.152. The highest BCUT2D eigenvalue weighted by Crippen LogP contribution is 2.56. The average molecular weight is 383 g/mol. The number of hydrogen-bond acceptors (Lipinski definition) is 5. The summed E-state index contributed by atoms with van der Waals surface area (Å²) < 4.78 is 11.1. The van der Waals surface area contributed by atoms with Gasteiger partial charge in [-0.15, -0.1) is 0 Å². The molecular formula is C22H25NO5. The Balaban J connectivity index is 1.68. The molecule has 1 fully saturated rings. The Labute approximate surface area is 164 Å². The number of carbonyl (C=O) groups excluding carboxylic acids is 2. The molecule has 1 saturated carbocycles. The van der Waals surface area contributed by atoms with Gasteiger partial charge in [0, 0.05) is 0 Å². The van der Waals surface area contributed by atoms with Crippen LogP contribution in [0.15, 0.2) is 54.6 Å². The van der Waals surface area contributed by atoms with Crippen molar-refractivity contribution in [1.29, 1.82) is 0 Å². The van der Waals surface area contributed by atoms with Gasteiger partial charge >= 0.3 is 5.97 Å². The molecule has 0 bridgehead atoms. The maximum atomic E-state index is 12.4. The topological polar surface area (TPSA) is 84.9 Å². The van der Waals surface area contributed by atoms with Gasteiger partial charge in [-0.1, -0.05) is 42.5 Å². The van der Waals surface area contributed by atoms with Crippen molar-refractivity contribution >= 4 is 11.9 Å². The zero-order valence-corrected chi connectivity index (χ0v) is 16.1. The van der Waals surface area contributed by atoms with Crippen LogP contribution in [0, 0.1) is 11.3 Å². The van der Waals surface area contributed by atoms with Crippen LogP contribution in [0.2, 0.25) is 0 Å². The number of nitrogens with one attached hydrogen (secondary N) is 1. The first-order valence-electron chi connectivity index (χ1n) is 9.42. The molecule has 1 aliphatic carbocycles. The second kappa shape index (κ2) is 8.44. The lowest BCUT2D eigenvalue weighted by Crippen LogP contribution is -2.30. The summed E-state index contributed by atoms with van der Waals surface area (Å²) in [5.41, 5.74) is 2.72. The maximum absolute atomic E-state index is 12.4. The number of amides is 1. The highest BCUT2D eigenvalue weighted by atomic mass is 16.5. The van der Waals surface area contributed by atoms with Gasteiger partial charge < -0.3 is 9.47 Å². The Morgan fingerprint density at radius 3 is 2.46 bits per heavy atom. The van der Waals surface area contributed by atoms with Gasteiger partial charge in [-0.05, 0) is 49.9 Å². The Kier molecular flexibility index (Phi) is 5.99. The first-order valence-corrected chi connectivity index (χ1v) is 9.42. The van der Waals surface area contributed by atoms with Crippen molar-refractivity contribution in [3.63, 3.8) is 0 Å². The fraction of sp³-hybridized carbons (Fsp3) is 0.364. The molecule has 148 valence electrons. The monoisotopic (exact) mass is 383 g/mol. The normalized spacial score (nSPS) is 21.5. The average Bonchev–Trinajstić information content (AvgIpc) is 3.45. The van der Waals surface area contributed by atoms with Crippen LogP contribution in [0.25, 0.3) is 0 Å². The zero-order valence-electron chi connectivity index (χ0n) is 16.1. The van der Waals surface area contributed by atoms with Crippen molar-refractivity contribution in [1.82, 2.24) is 5.48 Å². The van der Waals surface area contributed by atoms with Crippen molar-refractivity contribution < 1.29 is 24.3 Å². The van der Waals surface area contributed by atoms with E-state index in [4.69, 9.17) is 14.7 Å². The zero-order chi connectivity index (χ0) is 20.1. The Hall–Kier alpha value is -2.86. The van der Waals surface area contributed by atoms with Crippen LogP contribution in [0.3, 0.4) is 0 Å². The van der Waals surface area contributed by atoms with Gasteiger partial charge in [-0.3, -0.25) is 14.8 Å². The van der Waals surface area contributed by atoms with E-state index in [9.17, 15) is 9.59 Å². The minimum Gasteiger partial charge on any atom is -0.486 e. The summed E-state index contributed by atoms with van der Waals surface area (Å²) in [4.78, 5) is 24.2. The van der Waals surface area contributed by atoms with E-state index in [2.05, 4.69) is 0 Å². The maximum Gasteiger partial charge on any atom is 0.313 e. The molecule has 0 aromatic heterocycles.